The number of likely N-dealkylation sites (tertiary alicyclic amines) is 1. The minimum Gasteiger partial charge on any atom is -0.382 e. The average molecular weight is 532 g/mol. The highest BCUT2D eigenvalue weighted by Gasteiger charge is 2.47. The Morgan fingerprint density at radius 3 is 2.14 bits per heavy atom. The molecule has 37 heavy (non-hydrogen) atoms. The van der Waals surface area contributed by atoms with E-state index in [2.05, 4.69) is 15.7 Å². The SMILES string of the molecule is Cc1c(C(=O)N[C@H](C(=O)N2CCC[C@H]2C(=O)N[C@@H](C(C)C)[C@H](O)C(F)(F)F)C(C)C)cnn1C(C)(C)C. The molecule has 210 valence electrons. The summed E-state index contributed by atoms with van der Waals surface area (Å²) in [5, 5.41) is 19.1. The molecule has 1 aliphatic rings. The molecule has 1 aromatic rings. The number of nitrogens with one attached hydrogen (secondary N) is 2. The predicted molar refractivity (Wildman–Crippen MR) is 132 cm³/mol. The summed E-state index contributed by atoms with van der Waals surface area (Å²) in [7, 11) is 0. The van der Waals surface area contributed by atoms with Gasteiger partial charge < -0.3 is 20.6 Å². The van der Waals surface area contributed by atoms with Crippen LogP contribution in [0.2, 0.25) is 0 Å². The zero-order valence-electron chi connectivity index (χ0n) is 22.8. The molecule has 1 fully saturated rings. The van der Waals surface area contributed by atoms with Crippen LogP contribution in [0.5, 0.6) is 0 Å². The Hall–Kier alpha value is -2.63. The first-order valence-electron chi connectivity index (χ1n) is 12.6. The first kappa shape index (κ1) is 30.6. The van der Waals surface area contributed by atoms with E-state index >= 15 is 0 Å². The smallest absolute Gasteiger partial charge is 0.382 e. The number of nitrogens with zero attached hydrogens (tertiary/aromatic N) is 3. The number of halogens is 3. The lowest BCUT2D eigenvalue weighted by Gasteiger charge is -2.33. The summed E-state index contributed by atoms with van der Waals surface area (Å²) in [5.41, 5.74) is 0.617. The molecule has 0 radical (unpaired) electrons. The fourth-order valence-corrected chi connectivity index (χ4v) is 4.60. The van der Waals surface area contributed by atoms with Crippen LogP contribution in [0.25, 0.3) is 0 Å². The van der Waals surface area contributed by atoms with E-state index in [0.29, 0.717) is 17.7 Å². The van der Waals surface area contributed by atoms with Crippen LogP contribution in [0.3, 0.4) is 0 Å². The fourth-order valence-electron chi connectivity index (χ4n) is 4.60. The molecule has 1 aliphatic heterocycles. The number of alkyl halides is 3. The quantitative estimate of drug-likeness (QED) is 0.477. The molecule has 1 aromatic heterocycles. The van der Waals surface area contributed by atoms with Gasteiger partial charge >= 0.3 is 6.18 Å². The van der Waals surface area contributed by atoms with Crippen LogP contribution in [0.15, 0.2) is 6.20 Å². The van der Waals surface area contributed by atoms with Crippen LogP contribution in [0.4, 0.5) is 13.2 Å². The molecule has 3 N–H and O–H groups in total. The van der Waals surface area contributed by atoms with Crippen molar-refractivity contribution in [3.63, 3.8) is 0 Å². The molecular weight excluding hydrogens is 491 g/mol. The normalized spacial score (nSPS) is 19.2. The second-order valence-electron chi connectivity index (χ2n) is 11.4. The van der Waals surface area contributed by atoms with Crippen LogP contribution in [-0.2, 0) is 15.1 Å². The van der Waals surface area contributed by atoms with E-state index in [-0.39, 0.29) is 24.4 Å². The van der Waals surface area contributed by atoms with E-state index in [9.17, 15) is 32.7 Å². The summed E-state index contributed by atoms with van der Waals surface area (Å²) < 4.78 is 41.1. The molecule has 0 aromatic carbocycles. The minimum atomic E-state index is -4.90. The van der Waals surface area contributed by atoms with Crippen molar-refractivity contribution in [2.45, 2.75) is 104 Å². The van der Waals surface area contributed by atoms with Crippen molar-refractivity contribution in [1.82, 2.24) is 25.3 Å². The Labute approximate surface area is 216 Å². The van der Waals surface area contributed by atoms with Crippen molar-refractivity contribution in [3.8, 4) is 0 Å². The molecule has 2 heterocycles. The van der Waals surface area contributed by atoms with E-state index in [1.165, 1.54) is 24.9 Å². The van der Waals surface area contributed by atoms with Crippen LogP contribution in [-0.4, -0.2) is 74.5 Å². The van der Waals surface area contributed by atoms with E-state index in [1.54, 1.807) is 25.5 Å². The van der Waals surface area contributed by atoms with Gasteiger partial charge in [0.2, 0.25) is 11.8 Å². The number of hydrogen-bond donors (Lipinski definition) is 3. The maximum Gasteiger partial charge on any atom is 0.416 e. The van der Waals surface area contributed by atoms with Gasteiger partial charge in [-0.2, -0.15) is 18.3 Å². The molecule has 0 unspecified atom stereocenters. The molecule has 4 atom stereocenters. The van der Waals surface area contributed by atoms with Crippen molar-refractivity contribution in [1.29, 1.82) is 0 Å². The van der Waals surface area contributed by atoms with Gasteiger partial charge in [-0.15, -0.1) is 0 Å². The Morgan fingerprint density at radius 2 is 1.68 bits per heavy atom. The van der Waals surface area contributed by atoms with Crippen LogP contribution >= 0.6 is 0 Å². The first-order valence-corrected chi connectivity index (χ1v) is 12.6. The van der Waals surface area contributed by atoms with Gasteiger partial charge in [-0.3, -0.25) is 19.1 Å². The molecule has 0 bridgehead atoms. The molecule has 12 heteroatoms. The summed E-state index contributed by atoms with van der Waals surface area (Å²) in [6.07, 6.45) is -5.45. The summed E-state index contributed by atoms with van der Waals surface area (Å²) in [5.74, 6) is -2.75. The highest BCUT2D eigenvalue weighted by Crippen LogP contribution is 2.27. The number of aliphatic hydroxyl groups is 1. The average Bonchev–Trinajstić information content (AvgIpc) is 3.40. The third-order valence-corrected chi connectivity index (χ3v) is 6.65. The van der Waals surface area contributed by atoms with Crippen molar-refractivity contribution in [2.75, 3.05) is 6.54 Å². The Morgan fingerprint density at radius 1 is 1.08 bits per heavy atom. The predicted octanol–water partition coefficient (Wildman–Crippen LogP) is 2.76. The third-order valence-electron chi connectivity index (χ3n) is 6.65. The number of rotatable bonds is 8. The van der Waals surface area contributed by atoms with Crippen LogP contribution in [0, 0.1) is 18.8 Å². The summed E-state index contributed by atoms with van der Waals surface area (Å²) in [4.78, 5) is 40.9. The van der Waals surface area contributed by atoms with Gasteiger partial charge in [0, 0.05) is 12.2 Å². The zero-order valence-corrected chi connectivity index (χ0v) is 22.8. The number of carbonyl (C=O) groups excluding carboxylic acids is 3. The minimum absolute atomic E-state index is 0.227. The maximum atomic E-state index is 13.5. The first-order chi connectivity index (χ1) is 16.9. The number of amides is 3. The van der Waals surface area contributed by atoms with Gasteiger partial charge in [0.15, 0.2) is 6.10 Å². The standard InChI is InChI=1S/C25H40F3N5O4/c1-13(2)18(20(34)25(26,27)28)30-22(36)17-10-9-11-32(17)23(37)19(14(3)4)31-21(35)16-12-29-33(15(16)5)24(6,7)8/h12-14,17-20,34H,9-11H2,1-8H3,(H,30,36)(H,31,35)/t17-,18-,19-,20-/m0/s1. The van der Waals surface area contributed by atoms with E-state index in [4.69, 9.17) is 0 Å². The summed E-state index contributed by atoms with van der Waals surface area (Å²) in [6.45, 7) is 14.3. The van der Waals surface area contributed by atoms with Crippen molar-refractivity contribution in [2.24, 2.45) is 11.8 Å². The Kier molecular flexibility index (Phi) is 9.43. The number of aromatic nitrogens is 2. The third kappa shape index (κ3) is 7.03. The maximum absolute atomic E-state index is 13.5. The summed E-state index contributed by atoms with van der Waals surface area (Å²) in [6, 6.07) is -3.52. The summed E-state index contributed by atoms with van der Waals surface area (Å²) >= 11 is 0. The van der Waals surface area contributed by atoms with Crippen molar-refractivity contribution < 1.29 is 32.7 Å². The van der Waals surface area contributed by atoms with Gasteiger partial charge in [0.1, 0.15) is 12.1 Å². The second-order valence-corrected chi connectivity index (χ2v) is 11.4. The molecule has 2 rings (SSSR count). The lowest BCUT2D eigenvalue weighted by atomic mass is 9.97. The van der Waals surface area contributed by atoms with E-state index in [1.807, 2.05) is 20.8 Å². The highest BCUT2D eigenvalue weighted by atomic mass is 19.4. The number of carbonyl (C=O) groups is 3. The molecule has 1 saturated heterocycles. The number of aliphatic hydroxyl groups excluding tert-OH is 1. The number of hydrogen-bond acceptors (Lipinski definition) is 5. The molecule has 3 amide bonds. The van der Waals surface area contributed by atoms with E-state index in [0.717, 1.165) is 0 Å². The largest absolute Gasteiger partial charge is 0.416 e. The molecule has 0 aliphatic carbocycles. The lowest BCUT2D eigenvalue weighted by molar-refractivity contribution is -0.215. The van der Waals surface area contributed by atoms with Crippen LogP contribution in [0.1, 0.15) is 77.4 Å². The van der Waals surface area contributed by atoms with Gasteiger partial charge in [-0.1, -0.05) is 27.7 Å². The van der Waals surface area contributed by atoms with Crippen LogP contribution < -0.4 is 10.6 Å². The monoisotopic (exact) mass is 531 g/mol. The molecule has 0 saturated carbocycles. The molecular formula is C25H40F3N5O4. The second kappa shape index (κ2) is 11.4. The van der Waals surface area contributed by atoms with Crippen molar-refractivity contribution >= 4 is 17.7 Å². The zero-order chi connectivity index (χ0) is 28.5. The van der Waals surface area contributed by atoms with Gasteiger partial charge in [0.05, 0.1) is 23.3 Å². The highest BCUT2D eigenvalue weighted by molar-refractivity contribution is 5.99. The van der Waals surface area contributed by atoms with Gasteiger partial charge in [-0.05, 0) is 52.4 Å². The Bertz CT molecular complexity index is 984. The van der Waals surface area contributed by atoms with Crippen molar-refractivity contribution in [3.05, 3.63) is 17.5 Å². The Balaban J connectivity index is 2.22. The van der Waals surface area contributed by atoms with Gasteiger partial charge in [-0.25, -0.2) is 0 Å². The lowest BCUT2D eigenvalue weighted by Crippen LogP contribution is -2.59. The fraction of sp³-hybridized carbons (Fsp3) is 0.760. The molecule has 9 nitrogen and oxygen atoms in total. The van der Waals surface area contributed by atoms with E-state index < -0.39 is 54.0 Å². The topological polar surface area (TPSA) is 117 Å². The van der Waals surface area contributed by atoms with Gasteiger partial charge in [0.25, 0.3) is 5.91 Å². The molecule has 0 spiro atoms.